The maximum absolute atomic E-state index is 13.6. The van der Waals surface area contributed by atoms with E-state index in [1.165, 1.54) is 6.07 Å². The number of pyridine rings is 3. The average molecular weight is 482 g/mol. The average Bonchev–Trinajstić information content (AvgIpc) is 2.90. The summed E-state index contributed by atoms with van der Waals surface area (Å²) in [5.41, 5.74) is 4.31. The number of halogens is 1. The van der Waals surface area contributed by atoms with Gasteiger partial charge in [-0.15, -0.1) is 0 Å². The van der Waals surface area contributed by atoms with Gasteiger partial charge in [-0.3, -0.25) is 24.3 Å². The van der Waals surface area contributed by atoms with E-state index in [9.17, 15) is 14.3 Å². The van der Waals surface area contributed by atoms with Crippen molar-refractivity contribution in [1.29, 1.82) is 0 Å². The number of aromatic nitrogens is 5. The third-order valence-corrected chi connectivity index (χ3v) is 6.99. The lowest BCUT2D eigenvalue weighted by molar-refractivity contribution is 0.0735. The molecule has 1 aromatic carbocycles. The van der Waals surface area contributed by atoms with Crippen molar-refractivity contribution in [1.82, 2.24) is 24.5 Å². The summed E-state index contributed by atoms with van der Waals surface area (Å²) in [6.45, 7) is 0. The van der Waals surface area contributed by atoms with E-state index in [-0.39, 0.29) is 11.6 Å². The fourth-order valence-corrected chi connectivity index (χ4v) is 5.18. The molecule has 4 aromatic heterocycles. The first-order chi connectivity index (χ1) is 17.6. The Labute approximate surface area is 206 Å². The zero-order chi connectivity index (χ0) is 24.6. The van der Waals surface area contributed by atoms with Crippen LogP contribution in [-0.2, 0) is 6.42 Å². The third-order valence-electron chi connectivity index (χ3n) is 6.99. The molecule has 1 aliphatic rings. The van der Waals surface area contributed by atoms with Crippen LogP contribution in [0.1, 0.15) is 42.9 Å². The minimum absolute atomic E-state index is 0.148. The van der Waals surface area contributed by atoms with E-state index in [0.717, 1.165) is 47.5 Å². The SMILES string of the molecule is O=c1c2cc(Cc3ccc(-c4cncc(F)c4)nc3)c3ncccc3c2ncn1[C@H]1CCCC[C@@H]1O. The highest BCUT2D eigenvalue weighted by molar-refractivity contribution is 6.04. The predicted octanol–water partition coefficient (Wildman–Crippen LogP) is 4.61. The van der Waals surface area contributed by atoms with E-state index >= 15 is 0 Å². The number of aliphatic hydroxyl groups is 1. The van der Waals surface area contributed by atoms with Gasteiger partial charge in [-0.05, 0) is 54.3 Å². The molecule has 0 saturated heterocycles. The Balaban J connectivity index is 1.42. The van der Waals surface area contributed by atoms with Crippen molar-refractivity contribution in [3.63, 3.8) is 0 Å². The minimum atomic E-state index is -0.546. The molecule has 7 nitrogen and oxygen atoms in total. The van der Waals surface area contributed by atoms with Crippen LogP contribution in [0.2, 0.25) is 0 Å². The molecule has 8 heteroatoms. The van der Waals surface area contributed by atoms with Crippen LogP contribution in [0.4, 0.5) is 4.39 Å². The van der Waals surface area contributed by atoms with Crippen LogP contribution in [0.25, 0.3) is 33.1 Å². The molecular weight excluding hydrogens is 457 g/mol. The number of rotatable bonds is 4. The van der Waals surface area contributed by atoms with Gasteiger partial charge >= 0.3 is 0 Å². The van der Waals surface area contributed by atoms with Crippen LogP contribution in [0.5, 0.6) is 0 Å². The van der Waals surface area contributed by atoms with Gasteiger partial charge in [0.05, 0.1) is 46.8 Å². The van der Waals surface area contributed by atoms with Gasteiger partial charge in [0, 0.05) is 36.0 Å². The van der Waals surface area contributed by atoms with Crippen molar-refractivity contribution >= 4 is 21.8 Å². The normalized spacial score (nSPS) is 18.1. The zero-order valence-corrected chi connectivity index (χ0v) is 19.5. The number of hydrogen-bond acceptors (Lipinski definition) is 6. The minimum Gasteiger partial charge on any atom is -0.391 e. The molecule has 1 aliphatic carbocycles. The Morgan fingerprint density at radius 1 is 0.972 bits per heavy atom. The van der Waals surface area contributed by atoms with Gasteiger partial charge in [0.2, 0.25) is 0 Å². The molecule has 6 rings (SSSR count). The molecular formula is C28H24FN5O2. The quantitative estimate of drug-likeness (QED) is 0.377. The maximum atomic E-state index is 13.6. The monoisotopic (exact) mass is 481 g/mol. The standard InChI is InChI=1S/C28H24FN5O2/c29-20-11-19(14-30-15-20)23-8-7-17(13-32-23)10-18-12-22-27(21-4-3-9-31-26(18)21)33-16-34(28(22)36)24-5-1-2-6-25(24)35/h3-4,7-9,11-16,24-25,35H,1-2,5-6,10H2/t24-,25-/m0/s1. The van der Waals surface area contributed by atoms with E-state index in [0.29, 0.717) is 35.0 Å². The van der Waals surface area contributed by atoms with Crippen molar-refractivity contribution in [3.8, 4) is 11.3 Å². The molecule has 36 heavy (non-hydrogen) atoms. The lowest BCUT2D eigenvalue weighted by Gasteiger charge is -2.29. The molecule has 0 unspecified atom stereocenters. The van der Waals surface area contributed by atoms with Crippen molar-refractivity contribution in [2.24, 2.45) is 0 Å². The second-order valence-electron chi connectivity index (χ2n) is 9.33. The van der Waals surface area contributed by atoms with Crippen molar-refractivity contribution in [2.75, 3.05) is 0 Å². The van der Waals surface area contributed by atoms with E-state index < -0.39 is 11.9 Å². The van der Waals surface area contributed by atoms with Gasteiger partial charge in [-0.1, -0.05) is 18.9 Å². The summed E-state index contributed by atoms with van der Waals surface area (Å²) < 4.78 is 15.2. The lowest BCUT2D eigenvalue weighted by atomic mass is 9.92. The fraction of sp³-hybridized carbons (Fsp3) is 0.250. The Kier molecular flexibility index (Phi) is 5.73. The van der Waals surface area contributed by atoms with Gasteiger partial charge in [0.15, 0.2) is 0 Å². The highest BCUT2D eigenvalue weighted by atomic mass is 19.1. The van der Waals surface area contributed by atoms with Crippen LogP contribution in [0, 0.1) is 5.82 Å². The van der Waals surface area contributed by atoms with E-state index in [1.807, 2.05) is 30.3 Å². The first-order valence-electron chi connectivity index (χ1n) is 12.1. The molecule has 1 N–H and O–H groups in total. The molecule has 0 aliphatic heterocycles. The van der Waals surface area contributed by atoms with Gasteiger partial charge in [-0.25, -0.2) is 9.37 Å². The summed E-state index contributed by atoms with van der Waals surface area (Å²) in [4.78, 5) is 31.2. The van der Waals surface area contributed by atoms with Crippen LogP contribution in [-0.4, -0.2) is 35.7 Å². The van der Waals surface area contributed by atoms with Crippen LogP contribution < -0.4 is 5.56 Å². The zero-order valence-electron chi connectivity index (χ0n) is 19.5. The molecule has 5 aromatic rings. The molecule has 0 amide bonds. The highest BCUT2D eigenvalue weighted by Crippen LogP contribution is 2.30. The number of hydrogen-bond donors (Lipinski definition) is 1. The third kappa shape index (κ3) is 4.03. The second kappa shape index (κ2) is 9.20. The Bertz CT molecular complexity index is 1630. The Morgan fingerprint density at radius 2 is 1.86 bits per heavy atom. The number of benzene rings is 1. The summed E-state index contributed by atoms with van der Waals surface area (Å²) in [7, 11) is 0. The first-order valence-corrected chi connectivity index (χ1v) is 12.1. The highest BCUT2D eigenvalue weighted by Gasteiger charge is 2.26. The summed E-state index contributed by atoms with van der Waals surface area (Å²) >= 11 is 0. The Hall–Kier alpha value is -4.04. The molecule has 0 bridgehead atoms. The summed E-state index contributed by atoms with van der Waals surface area (Å²) in [5, 5.41) is 11.9. The Morgan fingerprint density at radius 3 is 2.67 bits per heavy atom. The molecule has 4 heterocycles. The molecule has 180 valence electrons. The maximum Gasteiger partial charge on any atom is 0.261 e. The fourth-order valence-electron chi connectivity index (χ4n) is 5.18. The first kappa shape index (κ1) is 22.4. The summed E-state index contributed by atoms with van der Waals surface area (Å²) in [6, 6.07) is 10.6. The van der Waals surface area contributed by atoms with Crippen LogP contribution >= 0.6 is 0 Å². The summed E-state index contributed by atoms with van der Waals surface area (Å²) in [5.74, 6) is -0.410. The smallest absolute Gasteiger partial charge is 0.261 e. The number of nitrogens with zero attached hydrogens (tertiary/aromatic N) is 5. The van der Waals surface area contributed by atoms with E-state index in [1.54, 1.807) is 29.5 Å². The van der Waals surface area contributed by atoms with Crippen LogP contribution in [0.3, 0.4) is 0 Å². The van der Waals surface area contributed by atoms with E-state index in [2.05, 4.69) is 19.9 Å². The van der Waals surface area contributed by atoms with Crippen molar-refractivity contribution in [2.45, 2.75) is 44.2 Å². The second-order valence-corrected chi connectivity index (χ2v) is 9.33. The van der Waals surface area contributed by atoms with Gasteiger partial charge < -0.3 is 5.11 Å². The van der Waals surface area contributed by atoms with Gasteiger partial charge in [0.25, 0.3) is 5.56 Å². The van der Waals surface area contributed by atoms with Crippen molar-refractivity contribution in [3.05, 3.63) is 94.8 Å². The van der Waals surface area contributed by atoms with Gasteiger partial charge in [0.1, 0.15) is 5.82 Å². The number of fused-ring (bicyclic) bond motifs is 3. The predicted molar refractivity (Wildman–Crippen MR) is 135 cm³/mol. The number of aliphatic hydroxyl groups excluding tert-OH is 1. The largest absolute Gasteiger partial charge is 0.391 e. The molecule has 0 spiro atoms. The van der Waals surface area contributed by atoms with Crippen molar-refractivity contribution < 1.29 is 9.50 Å². The molecule has 0 radical (unpaired) electrons. The van der Waals surface area contributed by atoms with E-state index in [4.69, 9.17) is 0 Å². The van der Waals surface area contributed by atoms with Gasteiger partial charge in [-0.2, -0.15) is 0 Å². The van der Waals surface area contributed by atoms with Crippen LogP contribution in [0.15, 0.2) is 72.3 Å². The lowest BCUT2D eigenvalue weighted by Crippen LogP contribution is -2.34. The molecule has 2 atom stereocenters. The summed E-state index contributed by atoms with van der Waals surface area (Å²) in [6.07, 6.45) is 11.2. The molecule has 1 fully saturated rings. The molecule has 1 saturated carbocycles. The topological polar surface area (TPSA) is 93.8 Å².